The van der Waals surface area contributed by atoms with Gasteiger partial charge in [-0.15, -0.1) is 0 Å². The highest BCUT2D eigenvalue weighted by Gasteiger charge is 2.46. The van der Waals surface area contributed by atoms with Gasteiger partial charge in [0.1, 0.15) is 25.7 Å². The van der Waals surface area contributed by atoms with Crippen LogP contribution in [0.4, 0.5) is 4.79 Å². The van der Waals surface area contributed by atoms with Crippen molar-refractivity contribution in [2.75, 3.05) is 53.7 Å². The molecule has 52 heavy (non-hydrogen) atoms. The lowest BCUT2D eigenvalue weighted by molar-refractivity contribution is -0.0374. The second-order valence-corrected chi connectivity index (χ2v) is 12.2. The number of rotatable bonds is 16. The zero-order chi connectivity index (χ0) is 36.5. The lowest BCUT2D eigenvalue weighted by Gasteiger charge is -2.33. The van der Waals surface area contributed by atoms with E-state index in [9.17, 15) is 15.0 Å². The van der Waals surface area contributed by atoms with Crippen LogP contribution in [0.3, 0.4) is 0 Å². The summed E-state index contributed by atoms with van der Waals surface area (Å²) in [6, 6.07) is 17.3. The molecule has 4 atom stereocenters. The predicted octanol–water partition coefficient (Wildman–Crippen LogP) is 2.41. The number of benzene rings is 2. The van der Waals surface area contributed by atoms with Gasteiger partial charge in [-0.3, -0.25) is 0 Å². The first-order chi connectivity index (χ1) is 25.5. The van der Waals surface area contributed by atoms with Crippen molar-refractivity contribution in [3.8, 4) is 23.7 Å². The summed E-state index contributed by atoms with van der Waals surface area (Å²) in [6.45, 7) is 2.32. The van der Waals surface area contributed by atoms with E-state index in [0.717, 1.165) is 11.1 Å². The fraction of sp³-hybridized carbons (Fsp3) is 0.410. The monoisotopic (exact) mass is 710 g/mol. The quantitative estimate of drug-likeness (QED) is 0.133. The van der Waals surface area contributed by atoms with Gasteiger partial charge in [0.05, 0.1) is 75.1 Å². The molecule has 13 nitrogen and oxygen atoms in total. The first-order valence-corrected chi connectivity index (χ1v) is 17.1. The molecule has 0 spiro atoms. The van der Waals surface area contributed by atoms with E-state index in [1.807, 2.05) is 60.7 Å². The number of aliphatic hydroxyl groups is 2. The predicted molar refractivity (Wildman–Crippen MR) is 193 cm³/mol. The Balaban J connectivity index is 1.42. The molecule has 2 N–H and O–H groups in total. The van der Waals surface area contributed by atoms with Crippen molar-refractivity contribution in [2.45, 2.75) is 50.6 Å². The Morgan fingerprint density at radius 2 is 1.08 bits per heavy atom. The molecule has 5 rings (SSSR count). The van der Waals surface area contributed by atoms with Crippen LogP contribution >= 0.6 is 0 Å². The average Bonchev–Trinajstić information content (AvgIpc) is 3.82. The molecule has 2 amide bonds. The van der Waals surface area contributed by atoms with Gasteiger partial charge in [0.25, 0.3) is 0 Å². The number of carbonyl (C=O) groups excluding carboxylic acids is 1. The standard InChI is InChI=1S/C39H46N6O7/c1-49-19-21-51-29-42-27-33(25-40-42)15-9-17-44-35(23-31-11-5-3-6-12-31)37(46)38(47)36(24-32-13-7-4-8-14-32)45(39(44)48)18-10-16-34-26-41-43(28-34)30-52-22-20-50-2/h3-8,11-14,25-28,35-38,46-47H,17-24,29-30H2,1-2H3/t35-,36-,37+,38+/m1/s1. The second-order valence-electron chi connectivity index (χ2n) is 12.2. The van der Waals surface area contributed by atoms with E-state index in [1.165, 1.54) is 0 Å². The van der Waals surface area contributed by atoms with Crippen LogP contribution in [0.5, 0.6) is 0 Å². The number of urea groups is 1. The van der Waals surface area contributed by atoms with Crippen LogP contribution in [-0.4, -0.2) is 124 Å². The Hall–Kier alpha value is -4.99. The molecule has 13 heteroatoms. The highest BCUT2D eigenvalue weighted by atomic mass is 16.5. The third-order valence-corrected chi connectivity index (χ3v) is 8.55. The van der Waals surface area contributed by atoms with Crippen LogP contribution in [0.1, 0.15) is 22.3 Å². The zero-order valence-corrected chi connectivity index (χ0v) is 29.6. The molecule has 4 aromatic rings. The molecule has 274 valence electrons. The van der Waals surface area contributed by atoms with Crippen LogP contribution in [0.15, 0.2) is 85.5 Å². The fourth-order valence-electron chi connectivity index (χ4n) is 5.87. The van der Waals surface area contributed by atoms with E-state index in [1.54, 1.807) is 58.2 Å². The van der Waals surface area contributed by atoms with Crippen molar-refractivity contribution >= 4 is 6.03 Å². The van der Waals surface area contributed by atoms with Crippen molar-refractivity contribution in [1.29, 1.82) is 0 Å². The minimum Gasteiger partial charge on any atom is -0.388 e. The van der Waals surface area contributed by atoms with E-state index in [0.29, 0.717) is 50.4 Å². The molecule has 0 bridgehead atoms. The van der Waals surface area contributed by atoms with E-state index in [-0.39, 0.29) is 32.6 Å². The maximum atomic E-state index is 14.7. The highest BCUT2D eigenvalue weighted by Crippen LogP contribution is 2.27. The van der Waals surface area contributed by atoms with E-state index in [4.69, 9.17) is 18.9 Å². The van der Waals surface area contributed by atoms with Gasteiger partial charge in [0.2, 0.25) is 0 Å². The van der Waals surface area contributed by atoms with Crippen LogP contribution in [0, 0.1) is 23.7 Å². The molecule has 2 aromatic carbocycles. The summed E-state index contributed by atoms with van der Waals surface area (Å²) in [6.07, 6.45) is 4.84. The molecule has 1 aliphatic rings. The molecule has 2 aromatic heterocycles. The molecule has 0 radical (unpaired) electrons. The molecular formula is C39H46N6O7. The Morgan fingerprint density at radius 3 is 1.48 bits per heavy atom. The molecule has 3 heterocycles. The smallest absolute Gasteiger partial charge is 0.322 e. The van der Waals surface area contributed by atoms with Gasteiger partial charge in [0, 0.05) is 26.6 Å². The van der Waals surface area contributed by atoms with Crippen molar-refractivity contribution in [2.24, 2.45) is 0 Å². The van der Waals surface area contributed by atoms with Crippen LogP contribution < -0.4 is 0 Å². The summed E-state index contributed by atoms with van der Waals surface area (Å²) in [5.41, 5.74) is 3.12. The van der Waals surface area contributed by atoms with E-state index in [2.05, 4.69) is 33.9 Å². The van der Waals surface area contributed by atoms with Crippen molar-refractivity contribution in [3.05, 3.63) is 108 Å². The molecule has 1 aliphatic heterocycles. The van der Waals surface area contributed by atoms with E-state index >= 15 is 0 Å². The van der Waals surface area contributed by atoms with Gasteiger partial charge in [-0.2, -0.15) is 10.2 Å². The SMILES string of the molecule is COCCOCn1cc(C#CCN2C(=O)N(CC#Cc3cnn(COCCOC)c3)[C@H](Cc3ccccc3)[C@H](O)[C@@H](O)[C@H]2Cc2ccccc2)cn1. The molecule has 0 unspecified atom stereocenters. The number of amides is 2. The average molecular weight is 711 g/mol. The molecule has 0 aliphatic carbocycles. The number of hydrogen-bond donors (Lipinski definition) is 2. The number of aromatic nitrogens is 4. The van der Waals surface area contributed by atoms with Crippen molar-refractivity contribution in [3.63, 3.8) is 0 Å². The number of carbonyl (C=O) groups is 1. The highest BCUT2D eigenvalue weighted by molar-refractivity contribution is 5.77. The number of aliphatic hydroxyl groups excluding tert-OH is 2. The van der Waals surface area contributed by atoms with Gasteiger partial charge in [-0.25, -0.2) is 14.2 Å². The lowest BCUT2D eigenvalue weighted by Crippen LogP contribution is -2.51. The third-order valence-electron chi connectivity index (χ3n) is 8.55. The van der Waals surface area contributed by atoms with Crippen LogP contribution in [-0.2, 0) is 45.3 Å². The Labute approximate surface area is 304 Å². The van der Waals surface area contributed by atoms with Gasteiger partial charge in [-0.05, 0) is 24.0 Å². The largest absolute Gasteiger partial charge is 0.388 e. The summed E-state index contributed by atoms with van der Waals surface area (Å²) >= 11 is 0. The maximum Gasteiger partial charge on any atom is 0.322 e. The summed E-state index contributed by atoms with van der Waals surface area (Å²) in [7, 11) is 3.22. The van der Waals surface area contributed by atoms with Crippen LogP contribution in [0.25, 0.3) is 0 Å². The Morgan fingerprint density at radius 1 is 0.654 bits per heavy atom. The third kappa shape index (κ3) is 11.0. The number of hydrogen-bond acceptors (Lipinski definition) is 9. The molecule has 1 fully saturated rings. The summed E-state index contributed by atoms with van der Waals surface area (Å²) in [5.74, 6) is 12.4. The minimum atomic E-state index is -1.28. The first-order valence-electron chi connectivity index (χ1n) is 17.1. The maximum absolute atomic E-state index is 14.7. The number of nitrogens with zero attached hydrogens (tertiary/aromatic N) is 6. The lowest BCUT2D eigenvalue weighted by atomic mass is 9.91. The van der Waals surface area contributed by atoms with Gasteiger partial charge in [0.15, 0.2) is 0 Å². The normalized spacial score (nSPS) is 18.7. The van der Waals surface area contributed by atoms with Gasteiger partial charge in [-0.1, -0.05) is 84.3 Å². The summed E-state index contributed by atoms with van der Waals surface area (Å²) in [5, 5.41) is 32.3. The van der Waals surface area contributed by atoms with Gasteiger partial charge >= 0.3 is 6.03 Å². The molecule has 0 saturated carbocycles. The first kappa shape index (κ1) is 38.2. The number of ether oxygens (including phenoxy) is 4. The molecular weight excluding hydrogens is 664 g/mol. The van der Waals surface area contributed by atoms with Gasteiger partial charge < -0.3 is 39.0 Å². The van der Waals surface area contributed by atoms with E-state index < -0.39 is 24.3 Å². The second kappa shape index (κ2) is 20.2. The summed E-state index contributed by atoms with van der Waals surface area (Å²) < 4.78 is 24.4. The fourth-order valence-corrected chi connectivity index (χ4v) is 5.87. The minimum absolute atomic E-state index is 0.00649. The van der Waals surface area contributed by atoms with Crippen molar-refractivity contribution in [1.82, 2.24) is 29.4 Å². The summed E-state index contributed by atoms with van der Waals surface area (Å²) in [4.78, 5) is 17.8. The van der Waals surface area contributed by atoms with Crippen LogP contribution in [0.2, 0.25) is 0 Å². The molecule has 1 saturated heterocycles. The zero-order valence-electron chi connectivity index (χ0n) is 29.6. The number of methoxy groups -OCH3 is 2. The topological polar surface area (TPSA) is 137 Å². The Bertz CT molecular complexity index is 1660. The Kier molecular flexibility index (Phi) is 14.8. The van der Waals surface area contributed by atoms with Crippen molar-refractivity contribution < 1.29 is 34.0 Å².